The van der Waals surface area contributed by atoms with Crippen LogP contribution in [0.2, 0.25) is 0 Å². The molecule has 0 spiro atoms. The topological polar surface area (TPSA) is 12.9 Å². The Morgan fingerprint density at radius 1 is 1.12 bits per heavy atom. The quantitative estimate of drug-likeness (QED) is 0.755. The van der Waals surface area contributed by atoms with Crippen LogP contribution in [0.15, 0.2) is 36.5 Å². The van der Waals surface area contributed by atoms with Crippen molar-refractivity contribution < 1.29 is 8.78 Å². The van der Waals surface area contributed by atoms with E-state index < -0.39 is 11.6 Å². The van der Waals surface area contributed by atoms with Gasteiger partial charge in [-0.1, -0.05) is 12.1 Å². The molecule has 1 aromatic carbocycles. The number of aryl methyl sites for hydroxylation is 1. The molecule has 1 nitrogen and oxygen atoms in total. The van der Waals surface area contributed by atoms with Crippen molar-refractivity contribution >= 4 is 0 Å². The van der Waals surface area contributed by atoms with Crippen LogP contribution in [0.1, 0.15) is 16.8 Å². The maximum absolute atomic E-state index is 13.0. The van der Waals surface area contributed by atoms with Gasteiger partial charge in [0, 0.05) is 11.9 Å². The molecule has 0 N–H and O–H groups in total. The highest BCUT2D eigenvalue weighted by atomic mass is 19.2. The third-order valence-electron chi connectivity index (χ3n) is 2.49. The van der Waals surface area contributed by atoms with Crippen LogP contribution in [-0.4, -0.2) is 4.98 Å². The van der Waals surface area contributed by atoms with Crippen LogP contribution in [0.25, 0.3) is 0 Å². The van der Waals surface area contributed by atoms with Gasteiger partial charge in [0.05, 0.1) is 0 Å². The minimum atomic E-state index is -0.813. The van der Waals surface area contributed by atoms with Crippen molar-refractivity contribution in [2.75, 3.05) is 0 Å². The number of aromatic nitrogens is 1. The average molecular weight is 219 g/mol. The van der Waals surface area contributed by atoms with Gasteiger partial charge < -0.3 is 0 Å². The second-order valence-electron chi connectivity index (χ2n) is 3.67. The lowest BCUT2D eigenvalue weighted by Gasteiger charge is -2.05. The second kappa shape index (κ2) is 4.39. The van der Waals surface area contributed by atoms with Crippen molar-refractivity contribution in [1.29, 1.82) is 0 Å². The molecule has 0 radical (unpaired) electrons. The van der Waals surface area contributed by atoms with E-state index in [9.17, 15) is 8.78 Å². The fourth-order valence-corrected chi connectivity index (χ4v) is 1.57. The van der Waals surface area contributed by atoms with Gasteiger partial charge in [0.1, 0.15) is 0 Å². The number of hydrogen-bond donors (Lipinski definition) is 0. The summed E-state index contributed by atoms with van der Waals surface area (Å²) in [4.78, 5) is 4.15. The Morgan fingerprint density at radius 3 is 2.62 bits per heavy atom. The number of rotatable bonds is 2. The number of benzene rings is 1. The first kappa shape index (κ1) is 10.7. The first-order valence-corrected chi connectivity index (χ1v) is 5.01. The predicted octanol–water partition coefficient (Wildman–Crippen LogP) is 3.26. The summed E-state index contributed by atoms with van der Waals surface area (Å²) in [6, 6.07) is 7.73. The van der Waals surface area contributed by atoms with E-state index in [1.54, 1.807) is 12.3 Å². The third kappa shape index (κ3) is 2.24. The summed E-state index contributed by atoms with van der Waals surface area (Å²) in [5.74, 6) is -1.62. The van der Waals surface area contributed by atoms with Crippen LogP contribution in [0.3, 0.4) is 0 Å². The van der Waals surface area contributed by atoms with E-state index in [2.05, 4.69) is 4.98 Å². The van der Waals surface area contributed by atoms with Crippen LogP contribution in [0.5, 0.6) is 0 Å². The molecule has 1 heterocycles. The molecule has 3 heteroatoms. The molecular formula is C13H11F2N. The highest BCUT2D eigenvalue weighted by Crippen LogP contribution is 2.14. The van der Waals surface area contributed by atoms with E-state index in [0.717, 1.165) is 22.9 Å². The van der Waals surface area contributed by atoms with E-state index in [1.807, 2.05) is 19.1 Å². The Kier molecular flexibility index (Phi) is 2.95. The minimum Gasteiger partial charge on any atom is -0.261 e. The van der Waals surface area contributed by atoms with Crippen molar-refractivity contribution in [2.24, 2.45) is 0 Å². The van der Waals surface area contributed by atoms with Gasteiger partial charge in [-0.15, -0.1) is 0 Å². The maximum Gasteiger partial charge on any atom is 0.159 e. The van der Waals surface area contributed by atoms with Crippen LogP contribution in [0.4, 0.5) is 8.78 Å². The second-order valence-corrected chi connectivity index (χ2v) is 3.67. The summed E-state index contributed by atoms with van der Waals surface area (Å²) in [7, 11) is 0. The van der Waals surface area contributed by atoms with Gasteiger partial charge in [0.2, 0.25) is 0 Å². The normalized spacial score (nSPS) is 10.4. The Hall–Kier alpha value is -1.77. The summed E-state index contributed by atoms with van der Waals surface area (Å²) >= 11 is 0. The summed E-state index contributed by atoms with van der Waals surface area (Å²) in [5, 5.41) is 0. The van der Waals surface area contributed by atoms with Crippen LogP contribution in [-0.2, 0) is 6.42 Å². The lowest BCUT2D eigenvalue weighted by atomic mass is 10.0. The number of nitrogens with zero attached hydrogens (tertiary/aromatic N) is 1. The van der Waals surface area contributed by atoms with Crippen molar-refractivity contribution in [3.63, 3.8) is 0 Å². The summed E-state index contributed by atoms with van der Waals surface area (Å²) < 4.78 is 25.7. The summed E-state index contributed by atoms with van der Waals surface area (Å²) in [5.41, 5.74) is 2.68. The van der Waals surface area contributed by atoms with E-state index in [4.69, 9.17) is 0 Å². The highest BCUT2D eigenvalue weighted by molar-refractivity contribution is 5.28. The largest absolute Gasteiger partial charge is 0.261 e. The van der Waals surface area contributed by atoms with Gasteiger partial charge in [0.25, 0.3) is 0 Å². The van der Waals surface area contributed by atoms with E-state index in [-0.39, 0.29) is 0 Å². The zero-order valence-electron chi connectivity index (χ0n) is 8.87. The first-order chi connectivity index (χ1) is 7.66. The molecule has 0 unspecified atom stereocenters. The minimum absolute atomic E-state index is 0.566. The Bertz CT molecular complexity index is 509. The van der Waals surface area contributed by atoms with Gasteiger partial charge in [-0.25, -0.2) is 8.78 Å². The lowest BCUT2D eigenvalue weighted by molar-refractivity contribution is 0.507. The monoisotopic (exact) mass is 219 g/mol. The van der Waals surface area contributed by atoms with Gasteiger partial charge >= 0.3 is 0 Å². The SMILES string of the molecule is Cc1ncccc1Cc1ccc(F)c(F)c1. The zero-order chi connectivity index (χ0) is 11.5. The van der Waals surface area contributed by atoms with Crippen molar-refractivity contribution in [3.8, 4) is 0 Å². The molecular weight excluding hydrogens is 208 g/mol. The first-order valence-electron chi connectivity index (χ1n) is 5.01. The summed E-state index contributed by atoms with van der Waals surface area (Å²) in [6.45, 7) is 1.90. The summed E-state index contributed by atoms with van der Waals surface area (Å²) in [6.07, 6.45) is 2.28. The standard InChI is InChI=1S/C13H11F2N/c1-9-11(3-2-6-16-9)7-10-4-5-12(14)13(15)8-10/h2-6,8H,7H2,1H3. The molecule has 0 amide bonds. The number of pyridine rings is 1. The molecule has 0 aliphatic carbocycles. The molecule has 0 saturated carbocycles. The fraction of sp³-hybridized carbons (Fsp3) is 0.154. The number of hydrogen-bond acceptors (Lipinski definition) is 1. The number of halogens is 2. The molecule has 0 atom stereocenters. The molecule has 0 saturated heterocycles. The molecule has 0 bridgehead atoms. The molecule has 2 rings (SSSR count). The predicted molar refractivity (Wildman–Crippen MR) is 58.1 cm³/mol. The van der Waals surface area contributed by atoms with Crippen LogP contribution < -0.4 is 0 Å². The Labute approximate surface area is 92.8 Å². The van der Waals surface area contributed by atoms with E-state index in [0.29, 0.717) is 6.42 Å². The molecule has 0 aliphatic heterocycles. The maximum atomic E-state index is 13.0. The van der Waals surface area contributed by atoms with Crippen molar-refractivity contribution in [2.45, 2.75) is 13.3 Å². The van der Waals surface area contributed by atoms with Gasteiger partial charge in [0.15, 0.2) is 11.6 Å². The van der Waals surface area contributed by atoms with Crippen molar-refractivity contribution in [3.05, 3.63) is 65.0 Å². The highest BCUT2D eigenvalue weighted by Gasteiger charge is 2.04. The zero-order valence-corrected chi connectivity index (χ0v) is 8.87. The van der Waals surface area contributed by atoms with Gasteiger partial charge in [-0.3, -0.25) is 4.98 Å². The fourth-order valence-electron chi connectivity index (χ4n) is 1.57. The smallest absolute Gasteiger partial charge is 0.159 e. The molecule has 2 aromatic rings. The Morgan fingerprint density at radius 2 is 1.94 bits per heavy atom. The van der Waals surface area contributed by atoms with E-state index >= 15 is 0 Å². The molecule has 0 aliphatic rings. The average Bonchev–Trinajstić information content (AvgIpc) is 2.27. The molecule has 82 valence electrons. The molecule has 16 heavy (non-hydrogen) atoms. The Balaban J connectivity index is 2.28. The molecule has 1 aromatic heterocycles. The van der Waals surface area contributed by atoms with Crippen LogP contribution >= 0.6 is 0 Å². The van der Waals surface area contributed by atoms with Crippen LogP contribution in [0, 0.1) is 18.6 Å². The lowest BCUT2D eigenvalue weighted by Crippen LogP contribution is -1.95. The van der Waals surface area contributed by atoms with E-state index in [1.165, 1.54) is 6.07 Å². The third-order valence-corrected chi connectivity index (χ3v) is 2.49. The van der Waals surface area contributed by atoms with Gasteiger partial charge in [-0.2, -0.15) is 0 Å². The van der Waals surface area contributed by atoms with Crippen molar-refractivity contribution in [1.82, 2.24) is 4.98 Å². The molecule has 0 fully saturated rings. The van der Waals surface area contributed by atoms with Gasteiger partial charge in [-0.05, 0) is 42.7 Å².